The van der Waals surface area contributed by atoms with Crippen molar-refractivity contribution in [1.29, 1.82) is 0 Å². The smallest absolute Gasteiger partial charge is 0.283 e. The van der Waals surface area contributed by atoms with E-state index in [0.717, 1.165) is 16.0 Å². The zero-order valence-electron chi connectivity index (χ0n) is 20.8. The van der Waals surface area contributed by atoms with E-state index in [2.05, 4.69) is 10.6 Å². The summed E-state index contributed by atoms with van der Waals surface area (Å²) < 4.78 is 0. The van der Waals surface area contributed by atoms with Crippen LogP contribution in [0.15, 0.2) is 88.3 Å². The quantitative estimate of drug-likeness (QED) is 0.357. The van der Waals surface area contributed by atoms with Crippen LogP contribution in [0.4, 0.5) is 17.1 Å². The molecule has 3 aromatic carbocycles. The van der Waals surface area contributed by atoms with Crippen molar-refractivity contribution in [2.24, 2.45) is 5.92 Å². The van der Waals surface area contributed by atoms with Gasteiger partial charge in [-0.05, 0) is 73.4 Å². The van der Waals surface area contributed by atoms with E-state index >= 15 is 0 Å². The number of para-hydroxylation sites is 1. The summed E-state index contributed by atoms with van der Waals surface area (Å²) in [5.41, 5.74) is 4.19. The highest BCUT2D eigenvalue weighted by Gasteiger charge is 2.40. The largest absolute Gasteiger partial charge is 0.350 e. The highest BCUT2D eigenvalue weighted by atomic mass is 32.2. The Balaban J connectivity index is 1.67. The number of aryl methyl sites for hydroxylation is 2. The summed E-state index contributed by atoms with van der Waals surface area (Å²) in [4.78, 5) is 41.7. The Labute approximate surface area is 215 Å². The molecule has 0 bridgehead atoms. The molecule has 1 heterocycles. The Hall–Kier alpha value is -3.84. The third-order valence-electron chi connectivity index (χ3n) is 5.76. The summed E-state index contributed by atoms with van der Waals surface area (Å²) in [6.45, 7) is 7.92. The average molecular weight is 500 g/mol. The van der Waals surface area contributed by atoms with Crippen molar-refractivity contribution >= 4 is 46.5 Å². The van der Waals surface area contributed by atoms with Crippen LogP contribution in [0.25, 0.3) is 0 Å². The van der Waals surface area contributed by atoms with Gasteiger partial charge in [0.2, 0.25) is 5.91 Å². The normalized spacial score (nSPS) is 13.5. The van der Waals surface area contributed by atoms with Gasteiger partial charge in [0.05, 0.1) is 5.69 Å². The molecule has 7 heteroatoms. The Morgan fingerprint density at radius 3 is 2.28 bits per heavy atom. The van der Waals surface area contributed by atoms with Gasteiger partial charge in [-0.1, -0.05) is 55.9 Å². The summed E-state index contributed by atoms with van der Waals surface area (Å²) in [5, 5.41) is 6.07. The first kappa shape index (κ1) is 25.3. The highest BCUT2D eigenvalue weighted by molar-refractivity contribution is 8.04. The maximum Gasteiger partial charge on any atom is 0.283 e. The number of carbonyl (C=O) groups excluding carboxylic acids is 3. The number of benzene rings is 3. The zero-order chi connectivity index (χ0) is 25.8. The topological polar surface area (TPSA) is 78.5 Å². The Bertz CT molecular complexity index is 1350. The lowest BCUT2D eigenvalue weighted by atomic mass is 10.1. The summed E-state index contributed by atoms with van der Waals surface area (Å²) >= 11 is 1.21. The Morgan fingerprint density at radius 2 is 1.58 bits per heavy atom. The molecule has 0 aromatic heterocycles. The minimum Gasteiger partial charge on any atom is -0.350 e. The van der Waals surface area contributed by atoms with Gasteiger partial charge in [-0.3, -0.25) is 14.4 Å². The molecule has 0 aliphatic carbocycles. The molecule has 36 heavy (non-hydrogen) atoms. The van der Waals surface area contributed by atoms with Crippen molar-refractivity contribution in [1.82, 2.24) is 0 Å². The lowest BCUT2D eigenvalue weighted by Crippen LogP contribution is -2.32. The van der Waals surface area contributed by atoms with E-state index < -0.39 is 5.91 Å². The van der Waals surface area contributed by atoms with Gasteiger partial charge >= 0.3 is 0 Å². The molecule has 4 rings (SSSR count). The zero-order valence-corrected chi connectivity index (χ0v) is 21.6. The van der Waals surface area contributed by atoms with Gasteiger partial charge in [-0.2, -0.15) is 0 Å². The molecule has 6 nitrogen and oxygen atoms in total. The van der Waals surface area contributed by atoms with E-state index in [1.165, 1.54) is 16.7 Å². The van der Waals surface area contributed by atoms with E-state index in [1.807, 2.05) is 94.4 Å². The highest BCUT2D eigenvalue weighted by Crippen LogP contribution is 2.38. The fourth-order valence-electron chi connectivity index (χ4n) is 3.82. The number of nitrogens with one attached hydrogen (secondary N) is 2. The Kier molecular flexibility index (Phi) is 7.60. The lowest BCUT2D eigenvalue weighted by molar-refractivity contribution is -0.120. The van der Waals surface area contributed by atoms with Gasteiger partial charge in [0.15, 0.2) is 0 Å². The van der Waals surface area contributed by atoms with Crippen LogP contribution in [0.2, 0.25) is 0 Å². The third-order valence-corrected chi connectivity index (χ3v) is 6.84. The van der Waals surface area contributed by atoms with Crippen LogP contribution in [-0.4, -0.2) is 17.7 Å². The van der Waals surface area contributed by atoms with Crippen molar-refractivity contribution in [3.05, 3.63) is 94.5 Å². The van der Waals surface area contributed by atoms with Crippen molar-refractivity contribution in [2.45, 2.75) is 39.0 Å². The number of anilines is 3. The van der Waals surface area contributed by atoms with Gasteiger partial charge in [0.25, 0.3) is 11.8 Å². The standard InChI is InChI=1S/C29H29N3O3S/c1-18(2)15-25(33)30-22-11-8-12-24(17-22)36-27-26(31-21-9-6-5-7-10-21)28(34)32(29(27)35)23-14-13-19(3)20(4)16-23/h5-14,16-18,31H,15H2,1-4H3,(H,30,33). The van der Waals surface area contributed by atoms with Crippen LogP contribution >= 0.6 is 11.8 Å². The molecule has 184 valence electrons. The molecule has 0 fully saturated rings. The number of carbonyl (C=O) groups is 3. The second-order valence-corrected chi connectivity index (χ2v) is 10.3. The summed E-state index contributed by atoms with van der Waals surface area (Å²) in [6, 6.07) is 22.1. The first-order chi connectivity index (χ1) is 17.2. The van der Waals surface area contributed by atoms with Crippen molar-refractivity contribution in [2.75, 3.05) is 15.5 Å². The van der Waals surface area contributed by atoms with Crippen molar-refractivity contribution < 1.29 is 14.4 Å². The third kappa shape index (κ3) is 5.69. The van der Waals surface area contributed by atoms with Crippen molar-refractivity contribution in [3.8, 4) is 0 Å². The molecule has 0 saturated carbocycles. The molecule has 1 aliphatic rings. The molecule has 0 unspecified atom stereocenters. The predicted octanol–water partition coefficient (Wildman–Crippen LogP) is 6.28. The minimum atomic E-state index is -0.406. The molecule has 1 aliphatic heterocycles. The van der Waals surface area contributed by atoms with Crippen LogP contribution in [0.3, 0.4) is 0 Å². The van der Waals surface area contributed by atoms with Crippen LogP contribution < -0.4 is 15.5 Å². The second kappa shape index (κ2) is 10.8. The van der Waals surface area contributed by atoms with Crippen LogP contribution in [-0.2, 0) is 14.4 Å². The fourth-order valence-corrected chi connectivity index (χ4v) is 4.80. The number of hydrogen-bond donors (Lipinski definition) is 2. The van der Waals surface area contributed by atoms with Gasteiger partial charge in [-0.15, -0.1) is 0 Å². The number of nitrogens with zero attached hydrogens (tertiary/aromatic N) is 1. The maximum absolute atomic E-state index is 13.6. The van der Waals surface area contributed by atoms with E-state index in [9.17, 15) is 14.4 Å². The van der Waals surface area contributed by atoms with E-state index in [-0.39, 0.29) is 23.4 Å². The van der Waals surface area contributed by atoms with Crippen LogP contribution in [0.1, 0.15) is 31.4 Å². The second-order valence-electron chi connectivity index (χ2n) is 9.19. The summed E-state index contributed by atoms with van der Waals surface area (Å²) in [7, 11) is 0. The molecular weight excluding hydrogens is 470 g/mol. The maximum atomic E-state index is 13.6. The van der Waals surface area contributed by atoms with Gasteiger partial charge in [-0.25, -0.2) is 4.90 Å². The number of amides is 3. The van der Waals surface area contributed by atoms with Gasteiger partial charge in [0, 0.05) is 22.7 Å². The lowest BCUT2D eigenvalue weighted by Gasteiger charge is -2.16. The molecular formula is C29H29N3O3S. The van der Waals surface area contributed by atoms with E-state index in [1.54, 1.807) is 6.07 Å². The van der Waals surface area contributed by atoms with Crippen LogP contribution in [0.5, 0.6) is 0 Å². The molecule has 0 saturated heterocycles. The van der Waals surface area contributed by atoms with Crippen LogP contribution in [0, 0.1) is 19.8 Å². The monoisotopic (exact) mass is 499 g/mol. The summed E-state index contributed by atoms with van der Waals surface area (Å²) in [5.74, 6) is -0.611. The molecule has 0 spiro atoms. The number of imide groups is 1. The predicted molar refractivity (Wildman–Crippen MR) is 146 cm³/mol. The minimum absolute atomic E-state index is 0.0640. The first-order valence-corrected chi connectivity index (χ1v) is 12.6. The molecule has 3 aromatic rings. The van der Waals surface area contributed by atoms with Crippen molar-refractivity contribution in [3.63, 3.8) is 0 Å². The summed E-state index contributed by atoms with van der Waals surface area (Å²) in [6.07, 6.45) is 0.422. The van der Waals surface area contributed by atoms with E-state index in [4.69, 9.17) is 0 Å². The molecule has 2 N–H and O–H groups in total. The SMILES string of the molecule is Cc1ccc(N2C(=O)C(Nc3ccccc3)=C(Sc3cccc(NC(=O)CC(C)C)c3)C2=O)cc1C. The number of rotatable bonds is 8. The fraction of sp³-hybridized carbons (Fsp3) is 0.207. The average Bonchev–Trinajstić information content (AvgIpc) is 3.05. The Morgan fingerprint density at radius 1 is 0.861 bits per heavy atom. The molecule has 0 radical (unpaired) electrons. The first-order valence-electron chi connectivity index (χ1n) is 11.8. The molecule has 0 atom stereocenters. The molecule has 3 amide bonds. The number of thioether (sulfide) groups is 1. The van der Waals surface area contributed by atoms with Gasteiger partial charge < -0.3 is 10.6 Å². The van der Waals surface area contributed by atoms with E-state index in [0.29, 0.717) is 28.4 Å². The number of hydrogen-bond acceptors (Lipinski definition) is 5. The van der Waals surface area contributed by atoms with Gasteiger partial charge in [0.1, 0.15) is 10.6 Å².